The highest BCUT2D eigenvalue weighted by atomic mass is 32.1. The number of hydrogen-bond donors (Lipinski definition) is 2. The highest BCUT2D eigenvalue weighted by Crippen LogP contribution is 2.39. The number of thiol groups is 1. The molecule has 0 atom stereocenters. The van der Waals surface area contributed by atoms with Gasteiger partial charge in [-0.05, 0) is 51.4 Å². The van der Waals surface area contributed by atoms with E-state index in [9.17, 15) is 0 Å². The van der Waals surface area contributed by atoms with Crippen LogP contribution in [0, 0.1) is 0 Å². The molecule has 6 heteroatoms. The van der Waals surface area contributed by atoms with Crippen LogP contribution in [0.5, 0.6) is 5.75 Å². The molecule has 4 nitrogen and oxygen atoms in total. The van der Waals surface area contributed by atoms with Crippen LogP contribution < -0.4 is 10.5 Å². The lowest BCUT2D eigenvalue weighted by molar-refractivity contribution is 0.00578. The van der Waals surface area contributed by atoms with Crippen LogP contribution in [-0.2, 0) is 9.31 Å². The van der Waals surface area contributed by atoms with Crippen LogP contribution >= 0.6 is 12.6 Å². The average molecular weight is 321 g/mol. The van der Waals surface area contributed by atoms with Crippen molar-refractivity contribution in [2.75, 3.05) is 18.6 Å². The molecule has 0 aliphatic carbocycles. The first-order valence-corrected chi connectivity index (χ1v) is 7.94. The van der Waals surface area contributed by atoms with Gasteiger partial charge in [0.15, 0.2) is 0 Å². The highest BCUT2D eigenvalue weighted by Gasteiger charge is 2.52. The molecule has 0 bridgehead atoms. The van der Waals surface area contributed by atoms with E-state index in [1.165, 1.54) is 0 Å². The van der Waals surface area contributed by atoms with Gasteiger partial charge < -0.3 is 19.8 Å². The van der Waals surface area contributed by atoms with E-state index in [4.69, 9.17) is 19.8 Å². The first kappa shape index (κ1) is 17.3. The number of rotatable bonds is 4. The summed E-state index contributed by atoms with van der Waals surface area (Å²) in [5.74, 6) is 1.28. The molecule has 2 rings (SSSR count). The quantitative estimate of drug-likeness (QED) is 0.508. The molecule has 1 aliphatic rings. The first-order valence-electron chi connectivity index (χ1n) is 7.30. The van der Waals surface area contributed by atoms with Gasteiger partial charge in [0.1, 0.15) is 5.75 Å². The maximum Gasteiger partial charge on any atom is 0.491 e. The standard InChI is InChI=1S/C16H24BNO3S/c1-15(2)16(3,4)21-17(20-15)12(10-22)8-11-9-13(18)6-7-14(11)19-5/h6-9,22H,10,18H2,1-5H3. The normalized spacial score (nSPS) is 20.3. The molecule has 120 valence electrons. The molecular formula is C16H24BNO3S. The molecule has 2 N–H and O–H groups in total. The van der Waals surface area contributed by atoms with Gasteiger partial charge in [-0.15, -0.1) is 0 Å². The molecule has 0 aromatic heterocycles. The van der Waals surface area contributed by atoms with Gasteiger partial charge in [-0.1, -0.05) is 6.08 Å². The Morgan fingerprint density at radius 3 is 2.36 bits per heavy atom. The highest BCUT2D eigenvalue weighted by molar-refractivity contribution is 7.80. The summed E-state index contributed by atoms with van der Waals surface area (Å²) < 4.78 is 17.5. The fourth-order valence-electron chi connectivity index (χ4n) is 2.25. The number of ether oxygens (including phenoxy) is 1. The molecule has 1 aromatic carbocycles. The number of hydrogen-bond acceptors (Lipinski definition) is 5. The summed E-state index contributed by atoms with van der Waals surface area (Å²) in [6.45, 7) is 8.13. The smallest absolute Gasteiger partial charge is 0.491 e. The van der Waals surface area contributed by atoms with Crippen molar-refractivity contribution in [3.05, 3.63) is 29.2 Å². The van der Waals surface area contributed by atoms with Crippen LogP contribution in [-0.4, -0.2) is 31.2 Å². The van der Waals surface area contributed by atoms with Crippen molar-refractivity contribution in [3.63, 3.8) is 0 Å². The third-order valence-electron chi connectivity index (χ3n) is 4.33. The number of anilines is 1. The average Bonchev–Trinajstić information content (AvgIpc) is 2.64. The molecule has 0 amide bonds. The summed E-state index contributed by atoms with van der Waals surface area (Å²) in [6, 6.07) is 5.53. The van der Waals surface area contributed by atoms with E-state index in [-0.39, 0.29) is 11.2 Å². The van der Waals surface area contributed by atoms with E-state index in [0.717, 1.165) is 16.8 Å². The van der Waals surface area contributed by atoms with Crippen LogP contribution in [0.1, 0.15) is 33.3 Å². The zero-order valence-electron chi connectivity index (χ0n) is 13.8. The van der Waals surface area contributed by atoms with Crippen LogP contribution in [0.3, 0.4) is 0 Å². The third-order valence-corrected chi connectivity index (χ3v) is 4.70. The number of methoxy groups -OCH3 is 1. The van der Waals surface area contributed by atoms with E-state index >= 15 is 0 Å². The predicted molar refractivity (Wildman–Crippen MR) is 95.3 cm³/mol. The Morgan fingerprint density at radius 1 is 1.27 bits per heavy atom. The lowest BCUT2D eigenvalue weighted by atomic mass is 9.78. The largest absolute Gasteiger partial charge is 0.496 e. The minimum atomic E-state index is -0.423. The van der Waals surface area contributed by atoms with E-state index in [2.05, 4.69) is 12.6 Å². The van der Waals surface area contributed by atoms with Gasteiger partial charge in [-0.25, -0.2) is 0 Å². The number of benzene rings is 1. The topological polar surface area (TPSA) is 53.7 Å². The summed E-state index contributed by atoms with van der Waals surface area (Å²) in [5, 5.41) is 0. The Morgan fingerprint density at radius 2 is 1.86 bits per heavy atom. The molecule has 0 saturated carbocycles. The van der Waals surface area contributed by atoms with Crippen LogP contribution in [0.4, 0.5) is 5.69 Å². The van der Waals surface area contributed by atoms with Crippen molar-refractivity contribution >= 4 is 31.5 Å². The fourth-order valence-corrected chi connectivity index (χ4v) is 2.49. The second-order valence-electron chi connectivity index (χ2n) is 6.47. The van der Waals surface area contributed by atoms with Crippen LogP contribution in [0.2, 0.25) is 0 Å². The Bertz CT molecular complexity index is 571. The van der Waals surface area contributed by atoms with Gasteiger partial charge in [-0.2, -0.15) is 12.6 Å². The van der Waals surface area contributed by atoms with Crippen molar-refractivity contribution in [1.29, 1.82) is 0 Å². The van der Waals surface area contributed by atoms with Crippen LogP contribution in [0.25, 0.3) is 6.08 Å². The maximum atomic E-state index is 6.08. The summed E-state index contributed by atoms with van der Waals surface area (Å²) >= 11 is 4.42. The second-order valence-corrected chi connectivity index (χ2v) is 6.78. The fraction of sp³-hybridized carbons (Fsp3) is 0.500. The zero-order valence-corrected chi connectivity index (χ0v) is 14.7. The summed E-state index contributed by atoms with van der Waals surface area (Å²) in [4.78, 5) is 0. The minimum Gasteiger partial charge on any atom is -0.496 e. The van der Waals surface area contributed by atoms with Crippen molar-refractivity contribution in [2.45, 2.75) is 38.9 Å². The van der Waals surface area contributed by atoms with Crippen molar-refractivity contribution < 1.29 is 14.0 Å². The summed E-state index contributed by atoms with van der Waals surface area (Å²) in [6.07, 6.45) is 1.98. The molecular weight excluding hydrogens is 297 g/mol. The van der Waals surface area contributed by atoms with Gasteiger partial charge in [0.25, 0.3) is 0 Å². The molecule has 1 fully saturated rings. The van der Waals surface area contributed by atoms with Gasteiger partial charge in [-0.3, -0.25) is 0 Å². The van der Waals surface area contributed by atoms with Gasteiger partial charge in [0.2, 0.25) is 0 Å². The maximum absolute atomic E-state index is 6.08. The van der Waals surface area contributed by atoms with Gasteiger partial charge in [0.05, 0.1) is 18.3 Å². The van der Waals surface area contributed by atoms with E-state index in [1.807, 2.05) is 52.0 Å². The molecule has 1 aliphatic heterocycles. The van der Waals surface area contributed by atoms with Crippen molar-refractivity contribution in [2.24, 2.45) is 0 Å². The lowest BCUT2D eigenvalue weighted by Gasteiger charge is -2.32. The van der Waals surface area contributed by atoms with E-state index in [1.54, 1.807) is 7.11 Å². The molecule has 0 radical (unpaired) electrons. The minimum absolute atomic E-state index is 0.375. The molecule has 0 spiro atoms. The number of nitrogen functional groups attached to an aromatic ring is 1. The third kappa shape index (κ3) is 3.29. The summed E-state index contributed by atoms with van der Waals surface area (Å²) in [7, 11) is 1.21. The Kier molecular flexibility index (Phi) is 4.85. The Hall–Kier alpha value is -1.11. The Labute approximate surface area is 138 Å². The molecule has 1 heterocycles. The molecule has 0 unspecified atom stereocenters. The van der Waals surface area contributed by atoms with Gasteiger partial charge in [0, 0.05) is 17.0 Å². The summed E-state index contributed by atoms with van der Waals surface area (Å²) in [5.41, 5.74) is 7.63. The monoisotopic (exact) mass is 321 g/mol. The van der Waals surface area contributed by atoms with Crippen LogP contribution in [0.15, 0.2) is 23.7 Å². The van der Waals surface area contributed by atoms with E-state index < -0.39 is 7.12 Å². The SMILES string of the molecule is COc1ccc(N)cc1C=C(CS)B1OC(C)(C)C(C)(C)O1. The van der Waals surface area contributed by atoms with E-state index in [0.29, 0.717) is 11.4 Å². The van der Waals surface area contributed by atoms with Crippen molar-refractivity contribution in [1.82, 2.24) is 0 Å². The number of nitrogens with two attached hydrogens (primary N) is 1. The first-order chi connectivity index (χ1) is 10.2. The van der Waals surface area contributed by atoms with Crippen molar-refractivity contribution in [3.8, 4) is 5.75 Å². The second kappa shape index (κ2) is 6.18. The lowest BCUT2D eigenvalue weighted by Crippen LogP contribution is -2.41. The zero-order chi connectivity index (χ0) is 16.5. The Balaban J connectivity index is 2.35. The molecule has 22 heavy (non-hydrogen) atoms. The molecule has 1 aromatic rings. The van der Waals surface area contributed by atoms with Gasteiger partial charge >= 0.3 is 7.12 Å². The predicted octanol–water partition coefficient (Wildman–Crippen LogP) is 3.22. The molecule has 1 saturated heterocycles.